The second-order valence-corrected chi connectivity index (χ2v) is 9.33. The number of sulfonamides is 1. The second kappa shape index (κ2) is 11.3. The van der Waals surface area contributed by atoms with Crippen LogP contribution in [0.2, 0.25) is 0 Å². The molecule has 30 heavy (non-hydrogen) atoms. The Morgan fingerprint density at radius 3 is 2.47 bits per heavy atom. The number of esters is 1. The third-order valence-electron chi connectivity index (χ3n) is 5.18. The molecule has 1 aliphatic rings. The maximum absolute atomic E-state index is 12.3. The lowest BCUT2D eigenvalue weighted by Gasteiger charge is -2.30. The van der Waals surface area contributed by atoms with Gasteiger partial charge in [0.1, 0.15) is 5.75 Å². The van der Waals surface area contributed by atoms with Crippen molar-refractivity contribution in [2.24, 2.45) is 5.92 Å². The molecule has 0 aromatic heterocycles. The molecule has 0 saturated heterocycles. The highest BCUT2D eigenvalue weighted by Gasteiger charge is 2.26. The SMILES string of the molecule is CCOc1ccc(S(=O)(=O)NCCC(=O)OC(C)C(=O)NC2CCCCC2C)cc1. The van der Waals surface area contributed by atoms with Gasteiger partial charge in [-0.15, -0.1) is 0 Å². The standard InChI is InChI=1S/C21H32N2O6S/c1-4-28-17-9-11-18(12-10-17)30(26,27)22-14-13-20(24)29-16(3)21(25)23-19-8-6-5-7-15(19)2/h9-12,15-16,19,22H,4-8,13-14H2,1-3H3,(H,23,25). The average Bonchev–Trinajstić information content (AvgIpc) is 2.70. The molecular weight excluding hydrogens is 408 g/mol. The highest BCUT2D eigenvalue weighted by molar-refractivity contribution is 7.89. The molecule has 3 unspecified atom stereocenters. The number of hydrogen-bond acceptors (Lipinski definition) is 6. The van der Waals surface area contributed by atoms with E-state index in [9.17, 15) is 18.0 Å². The zero-order chi connectivity index (χ0) is 22.1. The van der Waals surface area contributed by atoms with Gasteiger partial charge >= 0.3 is 5.97 Å². The Bertz CT molecular complexity index is 809. The first-order valence-electron chi connectivity index (χ1n) is 10.4. The number of amides is 1. The number of benzene rings is 1. The van der Waals surface area contributed by atoms with E-state index in [0.29, 0.717) is 18.3 Å². The minimum atomic E-state index is -3.75. The summed E-state index contributed by atoms with van der Waals surface area (Å²) < 4.78 is 37.4. The summed E-state index contributed by atoms with van der Waals surface area (Å²) in [6.45, 7) is 5.83. The van der Waals surface area contributed by atoms with Gasteiger partial charge in [-0.1, -0.05) is 19.8 Å². The predicted octanol–water partition coefficient (Wildman–Crippen LogP) is 2.38. The average molecular weight is 441 g/mol. The Labute approximate surface area is 178 Å². The molecule has 8 nitrogen and oxygen atoms in total. The molecule has 0 heterocycles. The van der Waals surface area contributed by atoms with Gasteiger partial charge in [-0.05, 0) is 56.9 Å². The minimum Gasteiger partial charge on any atom is -0.494 e. The summed E-state index contributed by atoms with van der Waals surface area (Å²) in [5.41, 5.74) is 0. The van der Waals surface area contributed by atoms with Crippen LogP contribution < -0.4 is 14.8 Å². The number of ether oxygens (including phenoxy) is 2. The monoisotopic (exact) mass is 440 g/mol. The highest BCUT2D eigenvalue weighted by Crippen LogP contribution is 2.23. The number of rotatable bonds is 10. The third-order valence-corrected chi connectivity index (χ3v) is 6.66. The zero-order valence-electron chi connectivity index (χ0n) is 17.8. The highest BCUT2D eigenvalue weighted by atomic mass is 32.2. The van der Waals surface area contributed by atoms with Gasteiger partial charge in [0.25, 0.3) is 5.91 Å². The van der Waals surface area contributed by atoms with Crippen LogP contribution in [0.1, 0.15) is 52.9 Å². The fraction of sp³-hybridized carbons (Fsp3) is 0.619. The van der Waals surface area contributed by atoms with Crippen molar-refractivity contribution in [1.29, 1.82) is 0 Å². The summed E-state index contributed by atoms with van der Waals surface area (Å²) in [5, 5.41) is 2.95. The lowest BCUT2D eigenvalue weighted by atomic mass is 9.86. The van der Waals surface area contributed by atoms with Gasteiger partial charge in [-0.25, -0.2) is 13.1 Å². The van der Waals surface area contributed by atoms with Crippen LogP contribution >= 0.6 is 0 Å². The fourth-order valence-electron chi connectivity index (χ4n) is 3.39. The van der Waals surface area contributed by atoms with Crippen LogP contribution in [-0.2, 0) is 24.3 Å². The van der Waals surface area contributed by atoms with Crippen molar-refractivity contribution in [2.75, 3.05) is 13.2 Å². The summed E-state index contributed by atoms with van der Waals surface area (Å²) in [6, 6.07) is 6.11. The van der Waals surface area contributed by atoms with Gasteiger partial charge in [-0.3, -0.25) is 9.59 Å². The maximum Gasteiger partial charge on any atom is 0.307 e. The van der Waals surface area contributed by atoms with E-state index in [1.54, 1.807) is 12.1 Å². The Morgan fingerprint density at radius 1 is 1.17 bits per heavy atom. The number of hydrogen-bond donors (Lipinski definition) is 2. The first kappa shape index (κ1) is 24.1. The van der Waals surface area contributed by atoms with Crippen LogP contribution in [0.3, 0.4) is 0 Å². The molecule has 1 aromatic rings. The molecule has 0 bridgehead atoms. The first-order valence-corrected chi connectivity index (χ1v) is 11.9. The molecule has 1 aromatic carbocycles. The van der Waals surface area contributed by atoms with Crippen LogP contribution in [0.25, 0.3) is 0 Å². The van der Waals surface area contributed by atoms with E-state index in [2.05, 4.69) is 17.0 Å². The van der Waals surface area contributed by atoms with Crippen molar-refractivity contribution in [1.82, 2.24) is 10.0 Å². The molecule has 1 saturated carbocycles. The lowest BCUT2D eigenvalue weighted by molar-refractivity contribution is -0.155. The van der Waals surface area contributed by atoms with Crippen molar-refractivity contribution in [3.63, 3.8) is 0 Å². The van der Waals surface area contributed by atoms with E-state index in [1.807, 2.05) is 6.92 Å². The van der Waals surface area contributed by atoms with E-state index >= 15 is 0 Å². The van der Waals surface area contributed by atoms with Gasteiger partial charge in [0.05, 0.1) is 17.9 Å². The van der Waals surface area contributed by atoms with Gasteiger partial charge in [0.2, 0.25) is 10.0 Å². The van der Waals surface area contributed by atoms with E-state index < -0.39 is 22.1 Å². The summed E-state index contributed by atoms with van der Waals surface area (Å²) in [7, 11) is -3.75. The summed E-state index contributed by atoms with van der Waals surface area (Å²) >= 11 is 0. The van der Waals surface area contributed by atoms with Gasteiger partial charge in [-0.2, -0.15) is 0 Å². The Morgan fingerprint density at radius 2 is 1.83 bits per heavy atom. The largest absolute Gasteiger partial charge is 0.494 e. The normalized spacial score (nSPS) is 20.2. The zero-order valence-corrected chi connectivity index (χ0v) is 18.7. The topological polar surface area (TPSA) is 111 Å². The number of carbonyl (C=O) groups is 2. The van der Waals surface area contributed by atoms with Crippen molar-refractivity contribution in [3.05, 3.63) is 24.3 Å². The molecular formula is C21H32N2O6S. The summed E-state index contributed by atoms with van der Waals surface area (Å²) in [4.78, 5) is 24.4. The van der Waals surface area contributed by atoms with Crippen LogP contribution in [-0.4, -0.2) is 45.6 Å². The summed E-state index contributed by atoms with van der Waals surface area (Å²) in [6.07, 6.45) is 3.17. The molecule has 1 amide bonds. The Balaban J connectivity index is 1.75. The van der Waals surface area contributed by atoms with Crippen molar-refractivity contribution in [3.8, 4) is 5.75 Å². The molecule has 9 heteroatoms. The molecule has 1 fully saturated rings. The molecule has 2 N–H and O–H groups in total. The lowest BCUT2D eigenvalue weighted by Crippen LogP contribution is -2.46. The van der Waals surface area contributed by atoms with Crippen molar-refractivity contribution < 1.29 is 27.5 Å². The van der Waals surface area contributed by atoms with Crippen molar-refractivity contribution in [2.45, 2.75) is 69.9 Å². The molecule has 0 spiro atoms. The third kappa shape index (κ3) is 7.28. The number of nitrogens with one attached hydrogen (secondary N) is 2. The summed E-state index contributed by atoms with van der Waals surface area (Å²) in [5.74, 6) is 0.0262. The van der Waals surface area contributed by atoms with Crippen LogP contribution in [0.4, 0.5) is 0 Å². The molecule has 0 radical (unpaired) electrons. The first-order chi connectivity index (χ1) is 14.2. The van der Waals surface area contributed by atoms with E-state index in [1.165, 1.54) is 25.5 Å². The smallest absolute Gasteiger partial charge is 0.307 e. The van der Waals surface area contributed by atoms with Crippen molar-refractivity contribution >= 4 is 21.9 Å². The second-order valence-electron chi connectivity index (χ2n) is 7.56. The Kier molecular flexibility index (Phi) is 9.10. The van der Waals surface area contributed by atoms with Gasteiger partial charge < -0.3 is 14.8 Å². The van der Waals surface area contributed by atoms with E-state index in [4.69, 9.17) is 9.47 Å². The predicted molar refractivity (Wildman–Crippen MR) is 113 cm³/mol. The molecule has 0 aliphatic heterocycles. The fourth-order valence-corrected chi connectivity index (χ4v) is 4.42. The van der Waals surface area contributed by atoms with E-state index in [0.717, 1.165) is 19.3 Å². The molecule has 168 valence electrons. The van der Waals surface area contributed by atoms with Crippen LogP contribution in [0.15, 0.2) is 29.2 Å². The quantitative estimate of drug-likeness (QED) is 0.541. The van der Waals surface area contributed by atoms with Crippen LogP contribution in [0, 0.1) is 5.92 Å². The molecule has 2 rings (SSSR count). The number of carbonyl (C=O) groups excluding carboxylic acids is 2. The molecule has 1 aliphatic carbocycles. The minimum absolute atomic E-state index is 0.0775. The van der Waals surface area contributed by atoms with Gasteiger partial charge in [0, 0.05) is 12.6 Å². The van der Waals surface area contributed by atoms with Crippen LogP contribution in [0.5, 0.6) is 5.75 Å². The Hall–Kier alpha value is -2.13. The molecule has 3 atom stereocenters. The van der Waals surface area contributed by atoms with E-state index in [-0.39, 0.29) is 29.8 Å². The maximum atomic E-state index is 12.3. The van der Waals surface area contributed by atoms with Gasteiger partial charge in [0.15, 0.2) is 6.10 Å².